The van der Waals surface area contributed by atoms with Crippen LogP contribution in [0.5, 0.6) is 0 Å². The first-order valence-electron chi connectivity index (χ1n) is 6.03. The Labute approximate surface area is 109 Å². The highest BCUT2D eigenvalue weighted by molar-refractivity contribution is 5.81. The van der Waals surface area contributed by atoms with Crippen molar-refractivity contribution < 1.29 is 10.2 Å². The second kappa shape index (κ2) is 4.29. The summed E-state index contributed by atoms with van der Waals surface area (Å²) in [5, 5.41) is 18.8. The molecular formula is C12H15N5O2. The summed E-state index contributed by atoms with van der Waals surface area (Å²) in [6, 6.07) is -0.00130. The van der Waals surface area contributed by atoms with E-state index in [1.165, 1.54) is 6.33 Å². The largest absolute Gasteiger partial charge is 0.395 e. The normalized spacial score (nSPS) is 21.3. The summed E-state index contributed by atoms with van der Waals surface area (Å²) in [4.78, 5) is 12.3. The van der Waals surface area contributed by atoms with Gasteiger partial charge in [-0.3, -0.25) is 0 Å². The molecule has 0 bridgehead atoms. The van der Waals surface area contributed by atoms with Crippen LogP contribution >= 0.6 is 0 Å². The van der Waals surface area contributed by atoms with Crippen LogP contribution in [0.3, 0.4) is 0 Å². The zero-order valence-corrected chi connectivity index (χ0v) is 10.3. The van der Waals surface area contributed by atoms with Crippen LogP contribution in [0.15, 0.2) is 24.8 Å². The summed E-state index contributed by atoms with van der Waals surface area (Å²) in [6.45, 7) is -0.166. The quantitative estimate of drug-likeness (QED) is 0.664. The average Bonchev–Trinajstić information content (AvgIpc) is 3.03. The highest BCUT2D eigenvalue weighted by Crippen LogP contribution is 2.38. The molecule has 3 rings (SSSR count). The third-order valence-electron chi connectivity index (χ3n) is 3.66. The molecule has 2 heterocycles. The van der Waals surface area contributed by atoms with E-state index in [0.29, 0.717) is 23.4 Å². The Morgan fingerprint density at radius 3 is 2.79 bits per heavy atom. The minimum absolute atomic E-state index is 0.00130. The lowest BCUT2D eigenvalue weighted by molar-refractivity contribution is 0.0870. The molecule has 19 heavy (non-hydrogen) atoms. The number of anilines is 1. The van der Waals surface area contributed by atoms with Gasteiger partial charge in [0.15, 0.2) is 11.5 Å². The fourth-order valence-corrected chi connectivity index (χ4v) is 2.46. The fraction of sp³-hybridized carbons (Fsp3) is 0.417. The van der Waals surface area contributed by atoms with E-state index >= 15 is 0 Å². The maximum atomic E-state index is 9.41. The summed E-state index contributed by atoms with van der Waals surface area (Å²) in [5.74, 6) is 0.348. The zero-order chi connectivity index (χ0) is 13.5. The molecule has 0 spiro atoms. The molecule has 2 aromatic heterocycles. The first-order chi connectivity index (χ1) is 9.19. The van der Waals surface area contributed by atoms with Gasteiger partial charge in [0.25, 0.3) is 0 Å². The van der Waals surface area contributed by atoms with E-state index in [1.54, 1.807) is 6.33 Å². The summed E-state index contributed by atoms with van der Waals surface area (Å²) in [6.07, 6.45) is 7.48. The van der Waals surface area contributed by atoms with Crippen LogP contribution in [0.4, 0.5) is 5.82 Å². The number of aliphatic hydroxyl groups excluding tert-OH is 2. The van der Waals surface area contributed by atoms with Crippen LogP contribution in [-0.2, 0) is 0 Å². The Kier molecular flexibility index (Phi) is 2.72. The number of hydrogen-bond acceptors (Lipinski definition) is 6. The van der Waals surface area contributed by atoms with E-state index in [4.69, 9.17) is 5.73 Å². The van der Waals surface area contributed by atoms with Crippen LogP contribution < -0.4 is 5.73 Å². The van der Waals surface area contributed by atoms with Crippen molar-refractivity contribution in [3.8, 4) is 0 Å². The van der Waals surface area contributed by atoms with Crippen molar-refractivity contribution in [2.45, 2.75) is 12.5 Å². The minimum Gasteiger partial charge on any atom is -0.395 e. The number of allylic oxidation sites excluding steroid dienone is 1. The molecule has 0 radical (unpaired) electrons. The van der Waals surface area contributed by atoms with Crippen molar-refractivity contribution >= 4 is 17.0 Å². The van der Waals surface area contributed by atoms with E-state index in [1.807, 2.05) is 16.7 Å². The molecule has 0 aromatic carbocycles. The lowest BCUT2D eigenvalue weighted by Gasteiger charge is -2.23. The second-order valence-corrected chi connectivity index (χ2v) is 4.89. The van der Waals surface area contributed by atoms with Gasteiger partial charge in [0, 0.05) is 5.41 Å². The zero-order valence-electron chi connectivity index (χ0n) is 10.3. The number of nitrogens with two attached hydrogens (primary N) is 1. The number of fused-ring (bicyclic) bond motifs is 1. The predicted molar refractivity (Wildman–Crippen MR) is 69.1 cm³/mol. The van der Waals surface area contributed by atoms with Crippen LogP contribution in [0, 0.1) is 5.41 Å². The van der Waals surface area contributed by atoms with Gasteiger partial charge in [-0.1, -0.05) is 12.2 Å². The number of nitrogens with zero attached hydrogens (tertiary/aromatic N) is 4. The van der Waals surface area contributed by atoms with E-state index in [-0.39, 0.29) is 19.3 Å². The Morgan fingerprint density at radius 1 is 1.32 bits per heavy atom. The van der Waals surface area contributed by atoms with Gasteiger partial charge < -0.3 is 20.5 Å². The first kappa shape index (κ1) is 12.1. The SMILES string of the molecule is Nc1ncnc2c1ncn2[C@H]1C=CC(CO)(CO)C1. The smallest absolute Gasteiger partial charge is 0.165 e. The molecule has 7 heteroatoms. The third-order valence-corrected chi connectivity index (χ3v) is 3.66. The maximum absolute atomic E-state index is 9.41. The van der Waals surface area contributed by atoms with E-state index in [9.17, 15) is 10.2 Å². The topological polar surface area (TPSA) is 110 Å². The van der Waals surface area contributed by atoms with Crippen molar-refractivity contribution in [3.05, 3.63) is 24.8 Å². The Bertz CT molecular complexity index is 632. The van der Waals surface area contributed by atoms with Gasteiger partial charge in [0.1, 0.15) is 11.8 Å². The minimum atomic E-state index is -0.570. The molecule has 1 atom stereocenters. The van der Waals surface area contributed by atoms with Crippen molar-refractivity contribution in [1.29, 1.82) is 0 Å². The molecule has 0 amide bonds. The van der Waals surface area contributed by atoms with Crippen molar-refractivity contribution in [2.75, 3.05) is 18.9 Å². The molecule has 0 saturated carbocycles. The number of rotatable bonds is 3. The molecule has 1 aliphatic rings. The summed E-state index contributed by atoms with van der Waals surface area (Å²) >= 11 is 0. The van der Waals surface area contributed by atoms with E-state index < -0.39 is 5.41 Å². The molecule has 1 aliphatic carbocycles. The Hall–Kier alpha value is -1.99. The van der Waals surface area contributed by atoms with Gasteiger partial charge in [-0.2, -0.15) is 0 Å². The molecule has 0 aliphatic heterocycles. The average molecular weight is 261 g/mol. The van der Waals surface area contributed by atoms with Gasteiger partial charge in [-0.15, -0.1) is 0 Å². The first-order valence-corrected chi connectivity index (χ1v) is 6.03. The standard InChI is InChI=1S/C12H15N5O2/c13-10-9-11(15-6-14-10)17(7-16-9)8-1-2-12(3-8,4-18)5-19/h1-2,6-8,18-19H,3-5H2,(H2,13,14,15)/t8-/m0/s1. The van der Waals surface area contributed by atoms with Gasteiger partial charge in [0.2, 0.25) is 0 Å². The molecule has 100 valence electrons. The lowest BCUT2D eigenvalue weighted by atomic mass is 9.89. The van der Waals surface area contributed by atoms with Crippen LogP contribution in [0.2, 0.25) is 0 Å². The molecule has 0 unspecified atom stereocenters. The van der Waals surface area contributed by atoms with Gasteiger partial charge in [-0.05, 0) is 6.42 Å². The van der Waals surface area contributed by atoms with E-state index in [2.05, 4.69) is 15.0 Å². The molecule has 7 nitrogen and oxygen atoms in total. The monoisotopic (exact) mass is 261 g/mol. The molecule has 0 fully saturated rings. The van der Waals surface area contributed by atoms with Crippen molar-refractivity contribution in [1.82, 2.24) is 19.5 Å². The molecule has 4 N–H and O–H groups in total. The highest BCUT2D eigenvalue weighted by Gasteiger charge is 2.35. The number of nitrogen functional groups attached to an aromatic ring is 1. The summed E-state index contributed by atoms with van der Waals surface area (Å²) < 4.78 is 1.89. The third kappa shape index (κ3) is 1.78. The predicted octanol–water partition coefficient (Wildman–Crippen LogP) is -0.120. The van der Waals surface area contributed by atoms with E-state index in [0.717, 1.165) is 0 Å². The van der Waals surface area contributed by atoms with Crippen molar-refractivity contribution in [3.63, 3.8) is 0 Å². The van der Waals surface area contributed by atoms with Crippen LogP contribution in [0.1, 0.15) is 12.5 Å². The Morgan fingerprint density at radius 2 is 2.11 bits per heavy atom. The summed E-state index contributed by atoms with van der Waals surface area (Å²) in [5.41, 5.74) is 6.41. The highest BCUT2D eigenvalue weighted by atomic mass is 16.3. The molecular weight excluding hydrogens is 246 g/mol. The fourth-order valence-electron chi connectivity index (χ4n) is 2.46. The number of imidazole rings is 1. The Balaban J connectivity index is 1.99. The number of aromatic nitrogens is 4. The maximum Gasteiger partial charge on any atom is 0.165 e. The second-order valence-electron chi connectivity index (χ2n) is 4.89. The molecule has 2 aromatic rings. The lowest BCUT2D eigenvalue weighted by Crippen LogP contribution is -2.26. The van der Waals surface area contributed by atoms with Crippen LogP contribution in [0.25, 0.3) is 11.2 Å². The van der Waals surface area contributed by atoms with Crippen LogP contribution in [-0.4, -0.2) is 42.9 Å². The van der Waals surface area contributed by atoms with Gasteiger partial charge in [0.05, 0.1) is 25.6 Å². The number of hydrogen-bond donors (Lipinski definition) is 3. The van der Waals surface area contributed by atoms with Crippen molar-refractivity contribution in [2.24, 2.45) is 5.41 Å². The number of aliphatic hydroxyl groups is 2. The van der Waals surface area contributed by atoms with Gasteiger partial charge >= 0.3 is 0 Å². The van der Waals surface area contributed by atoms with Gasteiger partial charge in [-0.25, -0.2) is 15.0 Å². The summed E-state index contributed by atoms with van der Waals surface area (Å²) in [7, 11) is 0. The molecule has 0 saturated heterocycles.